The van der Waals surface area contributed by atoms with E-state index in [1.807, 2.05) is 42.5 Å². The molecule has 1 aliphatic heterocycles. The summed E-state index contributed by atoms with van der Waals surface area (Å²) in [6.45, 7) is 0.420. The van der Waals surface area contributed by atoms with Crippen LogP contribution >= 0.6 is 0 Å². The molecule has 0 bridgehead atoms. The molecule has 1 heterocycles. The van der Waals surface area contributed by atoms with Gasteiger partial charge in [0.15, 0.2) is 6.61 Å². The summed E-state index contributed by atoms with van der Waals surface area (Å²) < 4.78 is 10.7. The maximum atomic E-state index is 12.3. The zero-order valence-corrected chi connectivity index (χ0v) is 15.6. The summed E-state index contributed by atoms with van der Waals surface area (Å²) in [5.74, 6) is -0.0668. The number of rotatable bonds is 6. The molecule has 0 saturated heterocycles. The third-order valence-corrected chi connectivity index (χ3v) is 5.55. The molecule has 1 aliphatic carbocycles. The van der Waals surface area contributed by atoms with E-state index in [-0.39, 0.29) is 24.5 Å². The van der Waals surface area contributed by atoms with Gasteiger partial charge in [-0.25, -0.2) is 4.79 Å². The SMILES string of the molecule is O=C(COC(=O)C1=Cc2ccccc2OC1)NCC1(c2ccccc2)CCC1. The van der Waals surface area contributed by atoms with Gasteiger partial charge in [0.05, 0.1) is 5.57 Å². The van der Waals surface area contributed by atoms with Crippen molar-refractivity contribution in [3.63, 3.8) is 0 Å². The number of hydrogen-bond acceptors (Lipinski definition) is 4. The highest BCUT2D eigenvalue weighted by Crippen LogP contribution is 2.43. The molecule has 2 aromatic rings. The maximum Gasteiger partial charge on any atom is 0.338 e. The van der Waals surface area contributed by atoms with E-state index in [9.17, 15) is 9.59 Å². The van der Waals surface area contributed by atoms with Gasteiger partial charge in [0, 0.05) is 17.5 Å². The van der Waals surface area contributed by atoms with Crippen LogP contribution in [0, 0.1) is 0 Å². The number of benzene rings is 2. The number of esters is 1. The fraction of sp³-hybridized carbons (Fsp3) is 0.304. The Labute approximate surface area is 164 Å². The lowest BCUT2D eigenvalue weighted by molar-refractivity contribution is -0.145. The molecule has 1 saturated carbocycles. The Balaban J connectivity index is 1.29. The molecule has 2 aromatic carbocycles. The van der Waals surface area contributed by atoms with Crippen LogP contribution in [-0.4, -0.2) is 31.6 Å². The number of para-hydroxylation sites is 1. The van der Waals surface area contributed by atoms with E-state index in [0.717, 1.165) is 30.6 Å². The van der Waals surface area contributed by atoms with E-state index in [0.29, 0.717) is 12.1 Å². The Morgan fingerprint density at radius 1 is 1.04 bits per heavy atom. The van der Waals surface area contributed by atoms with Crippen molar-refractivity contribution in [3.05, 3.63) is 71.3 Å². The van der Waals surface area contributed by atoms with Gasteiger partial charge in [-0.3, -0.25) is 4.79 Å². The third kappa shape index (κ3) is 3.79. The van der Waals surface area contributed by atoms with Crippen LogP contribution in [0.15, 0.2) is 60.2 Å². The Morgan fingerprint density at radius 3 is 2.54 bits per heavy atom. The second-order valence-corrected chi connectivity index (χ2v) is 7.35. The number of fused-ring (bicyclic) bond motifs is 1. The molecule has 0 spiro atoms. The van der Waals surface area contributed by atoms with Crippen molar-refractivity contribution in [1.29, 1.82) is 0 Å². The molecule has 28 heavy (non-hydrogen) atoms. The molecule has 0 radical (unpaired) electrons. The highest BCUT2D eigenvalue weighted by atomic mass is 16.5. The molecular weight excluding hydrogens is 354 g/mol. The quantitative estimate of drug-likeness (QED) is 0.785. The molecule has 4 rings (SSSR count). The summed E-state index contributed by atoms with van der Waals surface area (Å²) in [6.07, 6.45) is 5.02. The van der Waals surface area contributed by atoms with Crippen LogP contribution in [-0.2, 0) is 19.7 Å². The van der Waals surface area contributed by atoms with E-state index in [1.165, 1.54) is 5.56 Å². The second kappa shape index (κ2) is 7.89. The molecule has 1 amide bonds. The minimum Gasteiger partial charge on any atom is -0.488 e. The molecule has 0 atom stereocenters. The predicted molar refractivity (Wildman–Crippen MR) is 106 cm³/mol. The predicted octanol–water partition coefficient (Wildman–Crippen LogP) is 3.24. The lowest BCUT2D eigenvalue weighted by Crippen LogP contribution is -2.46. The van der Waals surface area contributed by atoms with Crippen molar-refractivity contribution < 1.29 is 19.1 Å². The summed E-state index contributed by atoms with van der Waals surface area (Å²) in [5, 5.41) is 2.93. The number of nitrogens with one attached hydrogen (secondary N) is 1. The summed E-state index contributed by atoms with van der Waals surface area (Å²) in [6, 6.07) is 17.7. The Kier molecular flexibility index (Phi) is 5.15. The van der Waals surface area contributed by atoms with E-state index in [2.05, 4.69) is 17.4 Å². The maximum absolute atomic E-state index is 12.3. The summed E-state index contributed by atoms with van der Waals surface area (Å²) in [5.41, 5.74) is 2.50. The van der Waals surface area contributed by atoms with Gasteiger partial charge >= 0.3 is 5.97 Å². The average Bonchev–Trinajstić information content (AvgIpc) is 2.71. The van der Waals surface area contributed by atoms with Gasteiger partial charge in [-0.2, -0.15) is 0 Å². The molecule has 0 aromatic heterocycles. The first-order valence-electron chi connectivity index (χ1n) is 9.58. The highest BCUT2D eigenvalue weighted by molar-refractivity contribution is 5.96. The van der Waals surface area contributed by atoms with Gasteiger partial charge in [0.2, 0.25) is 0 Å². The van der Waals surface area contributed by atoms with Crippen molar-refractivity contribution in [1.82, 2.24) is 5.32 Å². The molecular formula is C23H23NO4. The van der Waals surface area contributed by atoms with Crippen LogP contribution in [0.4, 0.5) is 0 Å². The number of ether oxygens (including phenoxy) is 2. The number of hydrogen-bond donors (Lipinski definition) is 1. The smallest absolute Gasteiger partial charge is 0.338 e. The second-order valence-electron chi connectivity index (χ2n) is 7.35. The zero-order chi connectivity index (χ0) is 19.4. The molecule has 5 heteroatoms. The minimum absolute atomic E-state index is 0.00434. The van der Waals surface area contributed by atoms with Crippen LogP contribution in [0.3, 0.4) is 0 Å². The first kappa shape index (κ1) is 18.3. The molecule has 1 fully saturated rings. The van der Waals surface area contributed by atoms with Crippen molar-refractivity contribution in [2.24, 2.45) is 0 Å². The topological polar surface area (TPSA) is 64.6 Å². The van der Waals surface area contributed by atoms with Crippen molar-refractivity contribution in [3.8, 4) is 5.75 Å². The van der Waals surface area contributed by atoms with Crippen molar-refractivity contribution in [2.45, 2.75) is 24.7 Å². The first-order valence-corrected chi connectivity index (χ1v) is 9.58. The summed E-state index contributed by atoms with van der Waals surface area (Å²) in [7, 11) is 0. The van der Waals surface area contributed by atoms with E-state index >= 15 is 0 Å². The minimum atomic E-state index is -0.522. The Morgan fingerprint density at radius 2 is 1.79 bits per heavy atom. The fourth-order valence-corrected chi connectivity index (χ4v) is 3.74. The molecule has 1 N–H and O–H groups in total. The third-order valence-electron chi connectivity index (χ3n) is 5.55. The zero-order valence-electron chi connectivity index (χ0n) is 15.6. The lowest BCUT2D eigenvalue weighted by atomic mass is 9.64. The monoisotopic (exact) mass is 377 g/mol. The largest absolute Gasteiger partial charge is 0.488 e. The standard InChI is InChI=1S/C23H23NO4/c25-21(24-16-23(11-6-12-23)19-8-2-1-3-9-19)15-28-22(26)18-13-17-7-4-5-10-20(17)27-14-18/h1-5,7-10,13H,6,11-12,14-16H2,(H,24,25). The van der Waals surface area contributed by atoms with E-state index in [4.69, 9.17) is 9.47 Å². The van der Waals surface area contributed by atoms with Gasteiger partial charge in [0.25, 0.3) is 5.91 Å². The van der Waals surface area contributed by atoms with Gasteiger partial charge < -0.3 is 14.8 Å². The van der Waals surface area contributed by atoms with Gasteiger partial charge in [0.1, 0.15) is 12.4 Å². The number of carbonyl (C=O) groups excluding carboxylic acids is 2. The fourth-order valence-electron chi connectivity index (χ4n) is 3.74. The highest BCUT2D eigenvalue weighted by Gasteiger charge is 2.38. The van der Waals surface area contributed by atoms with Crippen LogP contribution in [0.5, 0.6) is 5.75 Å². The normalized spacial score (nSPS) is 16.6. The average molecular weight is 377 g/mol. The van der Waals surface area contributed by atoms with E-state index in [1.54, 1.807) is 6.08 Å². The molecule has 0 unspecified atom stereocenters. The Bertz CT molecular complexity index is 900. The first-order chi connectivity index (χ1) is 13.7. The number of carbonyl (C=O) groups is 2. The van der Waals surface area contributed by atoms with Crippen LogP contribution in [0.2, 0.25) is 0 Å². The van der Waals surface area contributed by atoms with Crippen LogP contribution in [0.1, 0.15) is 30.4 Å². The summed E-state index contributed by atoms with van der Waals surface area (Å²) in [4.78, 5) is 24.5. The van der Waals surface area contributed by atoms with Crippen LogP contribution in [0.25, 0.3) is 6.08 Å². The molecule has 2 aliphatic rings. The van der Waals surface area contributed by atoms with Crippen molar-refractivity contribution >= 4 is 18.0 Å². The van der Waals surface area contributed by atoms with Gasteiger partial charge in [-0.15, -0.1) is 0 Å². The summed E-state index contributed by atoms with van der Waals surface area (Å²) >= 11 is 0. The lowest BCUT2D eigenvalue weighted by Gasteiger charge is -2.42. The number of amides is 1. The van der Waals surface area contributed by atoms with Crippen molar-refractivity contribution in [2.75, 3.05) is 19.8 Å². The van der Waals surface area contributed by atoms with Gasteiger partial charge in [-0.1, -0.05) is 55.0 Å². The molecule has 144 valence electrons. The molecule has 5 nitrogen and oxygen atoms in total. The van der Waals surface area contributed by atoms with E-state index < -0.39 is 5.97 Å². The van der Waals surface area contributed by atoms with Gasteiger partial charge in [-0.05, 0) is 30.5 Å². The Hall–Kier alpha value is -3.08. The van der Waals surface area contributed by atoms with Crippen LogP contribution < -0.4 is 10.1 Å².